The molecule has 26 heteroatoms. The third-order valence-electron chi connectivity index (χ3n) is 21.2. The Morgan fingerprint density at radius 2 is 0.849 bits per heavy atom. The average molecular weight is 1460 g/mol. The van der Waals surface area contributed by atoms with Gasteiger partial charge in [-0.25, -0.2) is 9.59 Å². The normalized spacial score (nSPS) is 37.1. The maximum Gasteiger partial charge on any atom is 0.338 e. The van der Waals surface area contributed by atoms with Gasteiger partial charge in [-0.2, -0.15) is 0 Å². The van der Waals surface area contributed by atoms with E-state index in [1.807, 2.05) is 163 Å². The van der Waals surface area contributed by atoms with Gasteiger partial charge < -0.3 is 94.7 Å². The van der Waals surface area contributed by atoms with Gasteiger partial charge in [0, 0.05) is 52.2 Å². The molecule has 6 aromatic rings. The van der Waals surface area contributed by atoms with Gasteiger partial charge in [-0.1, -0.05) is 197 Å². The predicted molar refractivity (Wildman–Crippen MR) is 372 cm³/mol. The molecule has 6 aromatic carbocycles. The number of fused-ring (bicyclic) bond motifs is 3. The lowest BCUT2D eigenvalue weighted by molar-refractivity contribution is -0.417. The van der Waals surface area contributed by atoms with Crippen molar-refractivity contribution >= 4 is 17.9 Å². The first-order chi connectivity index (χ1) is 51.6. The lowest BCUT2D eigenvalue weighted by Crippen LogP contribution is -2.67. The van der Waals surface area contributed by atoms with Gasteiger partial charge in [-0.15, -0.1) is 0 Å². The van der Waals surface area contributed by atoms with Crippen LogP contribution in [0.3, 0.4) is 0 Å². The fourth-order valence-corrected chi connectivity index (χ4v) is 15.1. The van der Waals surface area contributed by atoms with Crippen molar-refractivity contribution in [1.82, 2.24) is 0 Å². The second kappa shape index (κ2) is 34.7. The summed E-state index contributed by atoms with van der Waals surface area (Å²) in [5.41, 5.74) is 13.1. The average Bonchev–Trinajstić information content (AvgIpc) is 0.758. The van der Waals surface area contributed by atoms with Gasteiger partial charge in [0.2, 0.25) is 0 Å². The standard InChI is InChI=1S/C80H91N3O23/c1-44-45(2)64(93-50(7)84)78(94-57(44)39-87-38-51-26-14-8-15-27-51)103-65-47(4)61-58(40-88-74(100-61)54-32-20-11-21-33-54)97-79(65)102-63-48(5)73(95-59-41-89-75(104-66(59)63)55-34-22-12-23-35-55)101-62-46(3)49(6)92-80(69(62)98-71(85)52-28-16-9-17-29-52)106-68-67-60(42-90-76(105-67)56-36-24-13-25-37-56)96-77(91-43-82-83-81)70(68)99-72(86)53-30-18-10-19-31-53/h8-37,44-49,57-70,73-80H,38-43H2,1-7H3/t44-,45-,46-,47-,48?,49?,57?,58?,59?,60?,61-,62-,63+,64?,65?,66+,67+,68-,69?,70?,73-,74?,75?,76?,77+,78+,79-,80-/m0/s1. The highest BCUT2D eigenvalue weighted by Gasteiger charge is 2.60. The highest BCUT2D eigenvalue weighted by Crippen LogP contribution is 2.47. The topological polar surface area (TPSA) is 285 Å². The number of hydrogen-bond acceptors (Lipinski definition) is 24. The van der Waals surface area contributed by atoms with Crippen molar-refractivity contribution in [3.63, 3.8) is 0 Å². The van der Waals surface area contributed by atoms with Crippen LogP contribution in [0.2, 0.25) is 0 Å². The molecule has 0 aliphatic carbocycles. The van der Waals surface area contributed by atoms with Gasteiger partial charge in [-0.05, 0) is 48.2 Å². The van der Waals surface area contributed by atoms with Crippen molar-refractivity contribution in [2.75, 3.05) is 33.2 Å². The molecule has 28 atom stereocenters. The first-order valence-corrected chi connectivity index (χ1v) is 36.4. The van der Waals surface area contributed by atoms with E-state index in [4.69, 9.17) is 94.7 Å². The Bertz CT molecular complexity index is 3860. The fourth-order valence-electron chi connectivity index (χ4n) is 15.1. The minimum atomic E-state index is -1.54. The molecule has 8 heterocycles. The molecule has 0 spiro atoms. The van der Waals surface area contributed by atoms with Gasteiger partial charge in [0.25, 0.3) is 0 Å². The molecule has 0 amide bonds. The Labute approximate surface area is 615 Å². The quantitative estimate of drug-likeness (QED) is 0.0189. The minimum Gasteiger partial charge on any atom is -0.457 e. The Morgan fingerprint density at radius 1 is 0.415 bits per heavy atom. The molecule has 14 rings (SSSR count). The maximum absolute atomic E-state index is 14.9. The minimum absolute atomic E-state index is 0.000542. The molecule has 0 aromatic heterocycles. The number of benzene rings is 6. The van der Waals surface area contributed by atoms with E-state index >= 15 is 0 Å². The molecular formula is C80H91N3O23. The summed E-state index contributed by atoms with van der Waals surface area (Å²) < 4.78 is 136. The largest absolute Gasteiger partial charge is 0.457 e. The zero-order valence-electron chi connectivity index (χ0n) is 60.0. The monoisotopic (exact) mass is 1460 g/mol. The van der Waals surface area contributed by atoms with Gasteiger partial charge in [-0.3, -0.25) is 4.79 Å². The Balaban J connectivity index is 0.815. The third-order valence-corrected chi connectivity index (χ3v) is 21.2. The van der Waals surface area contributed by atoms with Crippen LogP contribution >= 0.6 is 0 Å². The highest BCUT2D eigenvalue weighted by molar-refractivity contribution is 5.90. The van der Waals surface area contributed by atoms with Crippen molar-refractivity contribution in [2.45, 2.75) is 197 Å². The van der Waals surface area contributed by atoms with E-state index in [9.17, 15) is 19.9 Å². The summed E-state index contributed by atoms with van der Waals surface area (Å²) in [5.74, 6) is -4.38. The Hall–Kier alpha value is -7.64. The van der Waals surface area contributed by atoms with E-state index < -0.39 is 184 Å². The van der Waals surface area contributed by atoms with Crippen LogP contribution in [0, 0.1) is 29.6 Å². The lowest BCUT2D eigenvalue weighted by Gasteiger charge is -2.54. The van der Waals surface area contributed by atoms with E-state index in [0.29, 0.717) is 12.2 Å². The molecule has 0 saturated carbocycles. The second-order valence-electron chi connectivity index (χ2n) is 28.2. The van der Waals surface area contributed by atoms with Gasteiger partial charge in [0.15, 0.2) is 68.6 Å². The summed E-state index contributed by atoms with van der Waals surface area (Å²) >= 11 is 0. The maximum atomic E-state index is 14.9. The van der Waals surface area contributed by atoms with Crippen molar-refractivity contribution in [1.29, 1.82) is 0 Å². The number of esters is 3. The first kappa shape index (κ1) is 75.2. The Morgan fingerprint density at radius 3 is 1.39 bits per heavy atom. The van der Waals surface area contributed by atoms with E-state index in [-0.39, 0.29) is 49.4 Å². The predicted octanol–water partition coefficient (Wildman–Crippen LogP) is 11.6. The number of azide groups is 1. The molecule has 8 aliphatic heterocycles. The second-order valence-corrected chi connectivity index (χ2v) is 28.2. The summed E-state index contributed by atoms with van der Waals surface area (Å²) in [6.07, 6.45) is -23.9. The zero-order chi connectivity index (χ0) is 73.4. The van der Waals surface area contributed by atoms with Gasteiger partial charge in [0.1, 0.15) is 55.6 Å². The van der Waals surface area contributed by atoms with Crippen LogP contribution in [0.5, 0.6) is 0 Å². The number of nitrogens with zero attached hydrogens (tertiary/aromatic N) is 3. The molecule has 13 unspecified atom stereocenters. The molecule has 106 heavy (non-hydrogen) atoms. The van der Waals surface area contributed by atoms with Crippen LogP contribution in [-0.4, -0.2) is 174 Å². The van der Waals surface area contributed by atoms with Crippen LogP contribution in [0.1, 0.15) is 110 Å². The fraction of sp³-hybridized carbons (Fsp3) is 0.512. The molecule has 0 N–H and O–H groups in total. The number of carbonyl (C=O) groups excluding carboxylic acids is 3. The van der Waals surface area contributed by atoms with E-state index in [2.05, 4.69) is 10.0 Å². The van der Waals surface area contributed by atoms with Crippen molar-refractivity contribution in [3.8, 4) is 0 Å². The van der Waals surface area contributed by atoms with Crippen molar-refractivity contribution in [2.24, 2.45) is 34.7 Å². The smallest absolute Gasteiger partial charge is 0.338 e. The number of carbonyl (C=O) groups is 3. The van der Waals surface area contributed by atoms with E-state index in [1.165, 1.54) is 6.92 Å². The number of rotatable bonds is 23. The molecule has 564 valence electrons. The van der Waals surface area contributed by atoms with Crippen LogP contribution in [0.25, 0.3) is 10.4 Å². The summed E-state index contributed by atoms with van der Waals surface area (Å²) in [6, 6.07) is 55.1. The summed E-state index contributed by atoms with van der Waals surface area (Å²) in [6.45, 7) is 13.2. The van der Waals surface area contributed by atoms with Gasteiger partial charge in [0.05, 0.1) is 68.6 Å². The molecule has 0 radical (unpaired) electrons. The highest BCUT2D eigenvalue weighted by atomic mass is 16.8. The number of ether oxygens (including phenoxy) is 20. The molecule has 8 aliphatic rings. The van der Waals surface area contributed by atoms with Crippen molar-refractivity contribution in [3.05, 3.63) is 226 Å². The summed E-state index contributed by atoms with van der Waals surface area (Å²) in [5, 5.41) is 3.62. The Kier molecular flexibility index (Phi) is 24.6. The van der Waals surface area contributed by atoms with Crippen molar-refractivity contribution < 1.29 is 109 Å². The van der Waals surface area contributed by atoms with E-state index in [0.717, 1.165) is 16.7 Å². The lowest BCUT2D eigenvalue weighted by atomic mass is 9.83. The van der Waals surface area contributed by atoms with Crippen LogP contribution in [0.15, 0.2) is 187 Å². The van der Waals surface area contributed by atoms with E-state index in [1.54, 1.807) is 60.7 Å². The third kappa shape index (κ3) is 17.1. The van der Waals surface area contributed by atoms with Crippen LogP contribution in [-0.2, 0) is 106 Å². The summed E-state index contributed by atoms with van der Waals surface area (Å²) in [7, 11) is 0. The first-order valence-electron chi connectivity index (χ1n) is 36.4. The summed E-state index contributed by atoms with van der Waals surface area (Å²) in [4.78, 5) is 45.4. The molecule has 0 bridgehead atoms. The van der Waals surface area contributed by atoms with Crippen LogP contribution in [0.4, 0.5) is 0 Å². The molecular weight excluding hydrogens is 1370 g/mol. The van der Waals surface area contributed by atoms with Gasteiger partial charge >= 0.3 is 17.9 Å². The number of hydrogen-bond donors (Lipinski definition) is 0. The molecule has 8 saturated heterocycles. The SMILES string of the molecule is CC(=O)OC1[C@@H](OC2[C@H](O[C@@H]3C(C)[C@H](O[C@@H]4C(OC(=O)c5ccccc5)[C@H](O[C@@H]5C(OC(=O)c6ccccc6)[C@H](OCN=[N+]=[N-])OC6COC(c7ccccc7)O[C@H]65)OC(C)[C@@H]4C)OC4COC(c5ccccc5)O[C@H]43)OC3COC(c4ccccc4)O[C@H]3[C@@H]2C)OC(COCc2ccccc2)[C@@H](C)[C@@H]1C. The van der Waals surface area contributed by atoms with Crippen LogP contribution < -0.4 is 0 Å². The molecule has 8 fully saturated rings. The molecule has 26 nitrogen and oxygen atoms in total. The zero-order valence-corrected chi connectivity index (χ0v) is 60.0.